The molecule has 0 bridgehead atoms. The largest absolute Gasteiger partial charge is 0.480 e. The van der Waals surface area contributed by atoms with Crippen molar-refractivity contribution < 1.29 is 18.3 Å². The molecule has 0 aromatic carbocycles. The number of hydrogen-bond acceptors (Lipinski definition) is 5. The van der Waals surface area contributed by atoms with E-state index >= 15 is 0 Å². The van der Waals surface area contributed by atoms with E-state index in [0.717, 1.165) is 4.31 Å². The number of aliphatic carboxylic acids is 1. The van der Waals surface area contributed by atoms with E-state index in [0.29, 0.717) is 11.9 Å². The first-order chi connectivity index (χ1) is 9.87. The Morgan fingerprint density at radius 3 is 2.81 bits per heavy atom. The lowest BCUT2D eigenvalue weighted by Crippen LogP contribution is -2.41. The molecule has 9 heteroatoms. The second-order valence-corrected chi connectivity index (χ2v) is 6.47. The third-order valence-electron chi connectivity index (χ3n) is 3.23. The summed E-state index contributed by atoms with van der Waals surface area (Å²) in [5.74, 6) is -1.20. The van der Waals surface area contributed by atoms with Gasteiger partial charge in [-0.05, 0) is 25.5 Å². The molecule has 1 unspecified atom stereocenters. The van der Waals surface area contributed by atoms with E-state index in [9.17, 15) is 13.2 Å². The van der Waals surface area contributed by atoms with Crippen molar-refractivity contribution in [1.29, 1.82) is 0 Å². The quantitative estimate of drug-likeness (QED) is 0.837. The van der Waals surface area contributed by atoms with Crippen molar-refractivity contribution in [1.82, 2.24) is 19.1 Å². The minimum Gasteiger partial charge on any atom is -0.480 e. The molecule has 2 rings (SSSR count). The summed E-state index contributed by atoms with van der Waals surface area (Å²) in [5, 5.41) is 16.8. The van der Waals surface area contributed by atoms with Crippen LogP contribution in [0.2, 0.25) is 0 Å². The number of hydrogen-bond donors (Lipinski definition) is 1. The first-order valence-electron chi connectivity index (χ1n) is 6.40. The van der Waals surface area contributed by atoms with Gasteiger partial charge in [0.25, 0.3) is 0 Å². The Hall–Kier alpha value is -2.00. The van der Waals surface area contributed by atoms with Crippen LogP contribution >= 0.6 is 0 Å². The number of carbonyl (C=O) groups is 1. The third kappa shape index (κ3) is 2.88. The van der Waals surface area contributed by atoms with E-state index in [1.165, 1.54) is 17.0 Å². The Bertz CT molecular complexity index is 755. The summed E-state index contributed by atoms with van der Waals surface area (Å²) < 4.78 is 27.6. The van der Waals surface area contributed by atoms with E-state index < -0.39 is 28.6 Å². The number of carboxylic acids is 1. The number of carboxylic acid groups (broad SMARTS) is 1. The van der Waals surface area contributed by atoms with E-state index in [1.807, 2.05) is 0 Å². The number of fused-ring (bicyclic) bond motifs is 1. The smallest absolute Gasteiger partial charge is 0.318 e. The molecule has 0 fully saturated rings. The van der Waals surface area contributed by atoms with Crippen LogP contribution in [-0.4, -0.2) is 51.2 Å². The Morgan fingerprint density at radius 2 is 2.19 bits per heavy atom. The molecule has 0 saturated heterocycles. The summed E-state index contributed by atoms with van der Waals surface area (Å²) in [4.78, 5) is 10.9. The van der Waals surface area contributed by atoms with Crippen LogP contribution in [0.25, 0.3) is 5.52 Å². The Balaban J connectivity index is 2.54. The summed E-state index contributed by atoms with van der Waals surface area (Å²) >= 11 is 0. The maximum Gasteiger partial charge on any atom is 0.318 e. The first-order valence-corrected chi connectivity index (χ1v) is 7.84. The third-order valence-corrected chi connectivity index (χ3v) is 5.21. The zero-order chi connectivity index (χ0) is 15.6. The molecule has 2 aromatic rings. The molecule has 2 aromatic heterocycles. The standard InChI is InChI=1S/C12H16N4O4S/c1-3-9(2)15(8-12(17)18)21(19,20)11-7-14-16-10(11)5-4-6-13-16/h4-7,9H,3,8H2,1-2H3,(H,17,18). The molecule has 114 valence electrons. The minimum atomic E-state index is -3.96. The lowest BCUT2D eigenvalue weighted by molar-refractivity contribution is -0.137. The van der Waals surface area contributed by atoms with Crippen LogP contribution in [-0.2, 0) is 14.8 Å². The van der Waals surface area contributed by atoms with E-state index in [1.54, 1.807) is 26.0 Å². The van der Waals surface area contributed by atoms with Gasteiger partial charge in [-0.3, -0.25) is 4.79 Å². The summed E-state index contributed by atoms with van der Waals surface area (Å²) in [7, 11) is -3.96. The Morgan fingerprint density at radius 1 is 1.48 bits per heavy atom. The molecule has 0 spiro atoms. The molecular weight excluding hydrogens is 296 g/mol. The number of aromatic nitrogens is 3. The van der Waals surface area contributed by atoms with Gasteiger partial charge in [0.2, 0.25) is 10.0 Å². The second-order valence-electron chi connectivity index (χ2n) is 4.61. The van der Waals surface area contributed by atoms with Crippen LogP contribution in [0.4, 0.5) is 0 Å². The van der Waals surface area contributed by atoms with E-state index in [4.69, 9.17) is 5.11 Å². The number of nitrogens with zero attached hydrogens (tertiary/aromatic N) is 4. The molecule has 0 radical (unpaired) electrons. The summed E-state index contributed by atoms with van der Waals surface area (Å²) in [6.07, 6.45) is 3.18. The topological polar surface area (TPSA) is 105 Å². The number of sulfonamides is 1. The zero-order valence-corrected chi connectivity index (χ0v) is 12.5. The van der Waals surface area contributed by atoms with E-state index in [2.05, 4.69) is 10.2 Å². The van der Waals surface area contributed by atoms with Gasteiger partial charge in [0.15, 0.2) is 0 Å². The van der Waals surface area contributed by atoms with Crippen molar-refractivity contribution in [3.05, 3.63) is 24.5 Å². The maximum absolute atomic E-state index is 12.7. The highest BCUT2D eigenvalue weighted by molar-refractivity contribution is 7.89. The maximum atomic E-state index is 12.7. The molecule has 8 nitrogen and oxygen atoms in total. The van der Waals surface area contributed by atoms with Crippen LogP contribution in [0.5, 0.6) is 0 Å². The van der Waals surface area contributed by atoms with Gasteiger partial charge in [0, 0.05) is 12.2 Å². The Kier molecular flexibility index (Phi) is 4.24. The average Bonchev–Trinajstić information content (AvgIpc) is 2.88. The monoisotopic (exact) mass is 312 g/mol. The summed E-state index contributed by atoms with van der Waals surface area (Å²) in [5.41, 5.74) is 0.316. The molecule has 2 heterocycles. The fraction of sp³-hybridized carbons (Fsp3) is 0.417. The van der Waals surface area contributed by atoms with Crippen LogP contribution in [0.15, 0.2) is 29.4 Å². The molecule has 0 aliphatic heterocycles. The predicted octanol–water partition coefficient (Wildman–Crippen LogP) is 0.603. The lowest BCUT2D eigenvalue weighted by Gasteiger charge is -2.25. The summed E-state index contributed by atoms with van der Waals surface area (Å²) in [6.45, 7) is 2.88. The number of rotatable bonds is 6. The molecule has 1 atom stereocenters. The molecular formula is C12H16N4O4S. The fourth-order valence-corrected chi connectivity index (χ4v) is 3.70. The van der Waals surface area contributed by atoms with Gasteiger partial charge in [-0.1, -0.05) is 6.92 Å². The van der Waals surface area contributed by atoms with Crippen molar-refractivity contribution in [3.8, 4) is 0 Å². The highest BCUT2D eigenvalue weighted by Gasteiger charge is 2.32. The van der Waals surface area contributed by atoms with Crippen LogP contribution in [0, 0.1) is 0 Å². The molecule has 0 saturated carbocycles. The lowest BCUT2D eigenvalue weighted by atomic mass is 10.2. The average molecular weight is 312 g/mol. The predicted molar refractivity (Wildman–Crippen MR) is 74.3 cm³/mol. The Labute approximate surface area is 122 Å². The van der Waals surface area contributed by atoms with Gasteiger partial charge in [0.1, 0.15) is 17.0 Å². The fourth-order valence-electron chi connectivity index (χ4n) is 1.95. The molecule has 0 amide bonds. The van der Waals surface area contributed by atoms with Crippen molar-refractivity contribution >= 4 is 21.5 Å². The minimum absolute atomic E-state index is 0.0443. The first kappa shape index (κ1) is 15.4. The van der Waals surface area contributed by atoms with Crippen molar-refractivity contribution in [3.63, 3.8) is 0 Å². The second kappa shape index (κ2) is 5.78. The van der Waals surface area contributed by atoms with Gasteiger partial charge in [-0.25, -0.2) is 8.42 Å². The van der Waals surface area contributed by atoms with Gasteiger partial charge in [-0.15, -0.1) is 0 Å². The van der Waals surface area contributed by atoms with Crippen LogP contribution in [0.3, 0.4) is 0 Å². The van der Waals surface area contributed by atoms with Crippen LogP contribution in [0.1, 0.15) is 20.3 Å². The molecule has 0 aliphatic carbocycles. The highest BCUT2D eigenvalue weighted by Crippen LogP contribution is 2.22. The van der Waals surface area contributed by atoms with Gasteiger partial charge in [0.05, 0.1) is 6.20 Å². The molecule has 1 N–H and O–H groups in total. The molecule has 0 aliphatic rings. The van der Waals surface area contributed by atoms with Gasteiger partial charge in [-0.2, -0.15) is 19.1 Å². The summed E-state index contributed by atoms with van der Waals surface area (Å²) in [6, 6.07) is 2.74. The SMILES string of the molecule is CCC(C)N(CC(=O)O)S(=O)(=O)c1cnn2ncccc12. The van der Waals surface area contributed by atoms with Crippen molar-refractivity contribution in [2.24, 2.45) is 0 Å². The van der Waals surface area contributed by atoms with E-state index in [-0.39, 0.29) is 4.90 Å². The zero-order valence-electron chi connectivity index (χ0n) is 11.7. The normalized spacial score (nSPS) is 13.7. The highest BCUT2D eigenvalue weighted by atomic mass is 32.2. The van der Waals surface area contributed by atoms with Gasteiger partial charge < -0.3 is 5.11 Å². The van der Waals surface area contributed by atoms with Crippen molar-refractivity contribution in [2.75, 3.05) is 6.54 Å². The molecule has 21 heavy (non-hydrogen) atoms. The van der Waals surface area contributed by atoms with Crippen LogP contribution < -0.4 is 0 Å². The van der Waals surface area contributed by atoms with Gasteiger partial charge >= 0.3 is 5.97 Å². The van der Waals surface area contributed by atoms with Crippen molar-refractivity contribution in [2.45, 2.75) is 31.2 Å².